The Morgan fingerprint density at radius 1 is 1.07 bits per heavy atom. The largest absolute Gasteiger partial charge is 0.486 e. The molecule has 3 N–H and O–H groups in total. The SMILES string of the molecule is CCC(NC(=O)NCc1ccc(C(=O)O)cc1)c1ccc2c(c1)OCCO2. The van der Waals surface area contributed by atoms with Crippen molar-refractivity contribution in [1.82, 2.24) is 10.6 Å². The molecule has 1 heterocycles. The Morgan fingerprint density at radius 3 is 2.44 bits per heavy atom. The summed E-state index contributed by atoms with van der Waals surface area (Å²) in [6, 6.07) is 11.6. The maximum Gasteiger partial charge on any atom is 0.335 e. The summed E-state index contributed by atoms with van der Waals surface area (Å²) in [4.78, 5) is 23.1. The number of hydrogen-bond donors (Lipinski definition) is 3. The fraction of sp³-hybridized carbons (Fsp3) is 0.300. The van der Waals surface area contributed by atoms with Crippen LogP contribution in [0, 0.1) is 0 Å². The summed E-state index contributed by atoms with van der Waals surface area (Å²) < 4.78 is 11.1. The standard InChI is InChI=1S/C20H22N2O5/c1-2-16(15-7-8-17-18(11-15)27-10-9-26-17)22-20(25)21-12-13-3-5-14(6-4-13)19(23)24/h3-8,11,16H,2,9-10,12H2,1H3,(H,23,24)(H2,21,22,25). The summed E-state index contributed by atoms with van der Waals surface area (Å²) in [5, 5.41) is 14.6. The number of carboxylic acids is 1. The molecule has 0 fully saturated rings. The van der Waals surface area contributed by atoms with Crippen molar-refractivity contribution in [3.05, 3.63) is 59.2 Å². The smallest absolute Gasteiger partial charge is 0.335 e. The van der Waals surface area contributed by atoms with E-state index >= 15 is 0 Å². The Morgan fingerprint density at radius 2 is 1.78 bits per heavy atom. The van der Waals surface area contributed by atoms with Crippen LogP contribution in [0.15, 0.2) is 42.5 Å². The van der Waals surface area contributed by atoms with Gasteiger partial charge in [0.05, 0.1) is 11.6 Å². The highest BCUT2D eigenvalue weighted by Gasteiger charge is 2.17. The first-order chi connectivity index (χ1) is 13.1. The van der Waals surface area contributed by atoms with E-state index in [2.05, 4.69) is 10.6 Å². The van der Waals surface area contributed by atoms with Crippen molar-refractivity contribution >= 4 is 12.0 Å². The summed E-state index contributed by atoms with van der Waals surface area (Å²) in [5.74, 6) is 0.435. The van der Waals surface area contributed by atoms with E-state index in [0.29, 0.717) is 31.3 Å². The molecule has 0 aromatic heterocycles. The third-order valence-electron chi connectivity index (χ3n) is 4.34. The topological polar surface area (TPSA) is 96.9 Å². The van der Waals surface area contributed by atoms with Crippen molar-refractivity contribution in [3.8, 4) is 11.5 Å². The number of ether oxygens (including phenoxy) is 2. The van der Waals surface area contributed by atoms with Crippen LogP contribution in [0.4, 0.5) is 4.79 Å². The number of carboxylic acid groups (broad SMARTS) is 1. The molecule has 2 aromatic carbocycles. The third-order valence-corrected chi connectivity index (χ3v) is 4.34. The average Bonchev–Trinajstić information content (AvgIpc) is 2.70. The van der Waals surface area contributed by atoms with Gasteiger partial charge < -0.3 is 25.2 Å². The number of aromatic carboxylic acids is 1. The van der Waals surface area contributed by atoms with Crippen LogP contribution in [0.2, 0.25) is 0 Å². The van der Waals surface area contributed by atoms with E-state index in [1.807, 2.05) is 25.1 Å². The molecule has 27 heavy (non-hydrogen) atoms. The van der Waals surface area contributed by atoms with Crippen LogP contribution in [0.3, 0.4) is 0 Å². The zero-order valence-corrected chi connectivity index (χ0v) is 15.0. The van der Waals surface area contributed by atoms with Crippen LogP contribution in [0.25, 0.3) is 0 Å². The first-order valence-electron chi connectivity index (χ1n) is 8.83. The fourth-order valence-corrected chi connectivity index (χ4v) is 2.85. The normalized spacial score (nSPS) is 13.5. The summed E-state index contributed by atoms with van der Waals surface area (Å²) in [5.41, 5.74) is 1.98. The van der Waals surface area contributed by atoms with Crippen molar-refractivity contribution in [2.75, 3.05) is 13.2 Å². The van der Waals surface area contributed by atoms with Gasteiger partial charge in [-0.25, -0.2) is 9.59 Å². The molecule has 2 amide bonds. The van der Waals surface area contributed by atoms with Gasteiger partial charge in [-0.3, -0.25) is 0 Å². The summed E-state index contributed by atoms with van der Waals surface area (Å²) >= 11 is 0. The lowest BCUT2D eigenvalue weighted by Gasteiger charge is -2.22. The average molecular weight is 370 g/mol. The number of urea groups is 1. The molecule has 3 rings (SSSR count). The van der Waals surface area contributed by atoms with Crippen molar-refractivity contribution in [1.29, 1.82) is 0 Å². The van der Waals surface area contributed by atoms with Gasteiger partial charge >= 0.3 is 12.0 Å². The van der Waals surface area contributed by atoms with Gasteiger partial charge in [0.25, 0.3) is 0 Å². The van der Waals surface area contributed by atoms with Gasteiger partial charge in [0.1, 0.15) is 13.2 Å². The molecule has 1 aliphatic heterocycles. The van der Waals surface area contributed by atoms with Gasteiger partial charge in [0.15, 0.2) is 11.5 Å². The molecule has 7 heteroatoms. The second-order valence-electron chi connectivity index (χ2n) is 6.19. The number of benzene rings is 2. The van der Waals surface area contributed by atoms with Crippen molar-refractivity contribution < 1.29 is 24.2 Å². The van der Waals surface area contributed by atoms with Crippen LogP contribution in [0.1, 0.15) is 40.9 Å². The third kappa shape index (κ3) is 4.69. The van der Waals surface area contributed by atoms with Gasteiger partial charge in [-0.15, -0.1) is 0 Å². The first-order valence-corrected chi connectivity index (χ1v) is 8.83. The summed E-state index contributed by atoms with van der Waals surface area (Å²) in [7, 11) is 0. The van der Waals surface area contributed by atoms with E-state index in [4.69, 9.17) is 14.6 Å². The van der Waals surface area contributed by atoms with Crippen LogP contribution in [0.5, 0.6) is 11.5 Å². The van der Waals surface area contributed by atoms with Crippen LogP contribution >= 0.6 is 0 Å². The molecule has 142 valence electrons. The van der Waals surface area contributed by atoms with Crippen LogP contribution < -0.4 is 20.1 Å². The van der Waals surface area contributed by atoms with Crippen molar-refractivity contribution in [2.45, 2.75) is 25.9 Å². The highest BCUT2D eigenvalue weighted by atomic mass is 16.6. The van der Waals surface area contributed by atoms with Gasteiger partial charge in [-0.2, -0.15) is 0 Å². The predicted octanol–water partition coefficient (Wildman–Crippen LogP) is 3.11. The molecule has 0 aliphatic carbocycles. The Labute approximate surface area is 157 Å². The van der Waals surface area contributed by atoms with Gasteiger partial charge in [0.2, 0.25) is 0 Å². The number of fused-ring (bicyclic) bond motifs is 1. The highest BCUT2D eigenvalue weighted by molar-refractivity contribution is 5.87. The predicted molar refractivity (Wildman–Crippen MR) is 99.2 cm³/mol. The highest BCUT2D eigenvalue weighted by Crippen LogP contribution is 2.33. The lowest BCUT2D eigenvalue weighted by atomic mass is 10.0. The lowest BCUT2D eigenvalue weighted by molar-refractivity contribution is 0.0697. The van der Waals surface area contributed by atoms with Crippen molar-refractivity contribution in [3.63, 3.8) is 0 Å². The van der Waals surface area contributed by atoms with Gasteiger partial charge in [0, 0.05) is 6.54 Å². The zero-order valence-electron chi connectivity index (χ0n) is 15.0. The van der Waals surface area contributed by atoms with E-state index in [0.717, 1.165) is 17.5 Å². The van der Waals surface area contributed by atoms with E-state index in [9.17, 15) is 9.59 Å². The number of amides is 2. The molecule has 0 spiro atoms. The minimum absolute atomic E-state index is 0.157. The lowest BCUT2D eigenvalue weighted by Crippen LogP contribution is -2.37. The van der Waals surface area contributed by atoms with Crippen LogP contribution in [-0.4, -0.2) is 30.3 Å². The molecule has 0 saturated carbocycles. The maximum absolute atomic E-state index is 12.3. The van der Waals surface area contributed by atoms with Crippen molar-refractivity contribution in [2.24, 2.45) is 0 Å². The molecular weight excluding hydrogens is 348 g/mol. The number of nitrogens with one attached hydrogen (secondary N) is 2. The Hall–Kier alpha value is -3.22. The van der Waals surface area contributed by atoms with E-state index in [1.165, 1.54) is 12.1 Å². The molecule has 0 radical (unpaired) electrons. The zero-order chi connectivity index (χ0) is 19.2. The maximum atomic E-state index is 12.3. The van der Waals surface area contributed by atoms with E-state index < -0.39 is 5.97 Å². The quantitative estimate of drug-likeness (QED) is 0.726. The second kappa shape index (κ2) is 8.44. The molecule has 0 saturated heterocycles. The number of rotatable bonds is 6. The first kappa shape index (κ1) is 18.6. The molecule has 7 nitrogen and oxygen atoms in total. The minimum atomic E-state index is -0.975. The molecule has 0 bridgehead atoms. The van der Waals surface area contributed by atoms with E-state index in [1.54, 1.807) is 12.1 Å². The fourth-order valence-electron chi connectivity index (χ4n) is 2.85. The molecule has 2 aromatic rings. The second-order valence-corrected chi connectivity index (χ2v) is 6.19. The monoisotopic (exact) mass is 370 g/mol. The van der Waals surface area contributed by atoms with Gasteiger partial charge in [-0.05, 0) is 41.8 Å². The van der Waals surface area contributed by atoms with Gasteiger partial charge in [-0.1, -0.05) is 25.1 Å². The molecule has 1 aliphatic rings. The Balaban J connectivity index is 1.57. The van der Waals surface area contributed by atoms with Crippen LogP contribution in [-0.2, 0) is 6.54 Å². The summed E-state index contributed by atoms with van der Waals surface area (Å²) in [6.45, 7) is 3.36. The summed E-state index contributed by atoms with van der Waals surface area (Å²) in [6.07, 6.45) is 0.723. The Bertz CT molecular complexity index is 820. The number of carbonyl (C=O) groups is 2. The number of hydrogen-bond acceptors (Lipinski definition) is 4. The minimum Gasteiger partial charge on any atom is -0.486 e. The molecule has 1 atom stereocenters. The number of carbonyl (C=O) groups excluding carboxylic acids is 1. The van der Waals surface area contributed by atoms with E-state index in [-0.39, 0.29) is 17.6 Å². The molecular formula is C20H22N2O5. The Kier molecular flexibility index (Phi) is 5.80. The molecule has 1 unspecified atom stereocenters.